The number of rotatable bonds is 3. The Hall–Kier alpha value is -1.11. The molecule has 20 heavy (non-hydrogen) atoms. The number of sulfone groups is 1. The van der Waals surface area contributed by atoms with E-state index in [9.17, 15) is 18.3 Å². The van der Waals surface area contributed by atoms with Crippen LogP contribution in [-0.2, 0) is 14.6 Å². The van der Waals surface area contributed by atoms with E-state index < -0.39 is 27.9 Å². The number of hydrogen-bond donors (Lipinski definition) is 1. The quantitative estimate of drug-likeness (QED) is 0.834. The van der Waals surface area contributed by atoms with Crippen LogP contribution in [-0.4, -0.2) is 49.0 Å². The van der Waals surface area contributed by atoms with Gasteiger partial charge in [-0.05, 0) is 18.6 Å². The van der Waals surface area contributed by atoms with Crippen molar-refractivity contribution in [3.8, 4) is 0 Å². The van der Waals surface area contributed by atoms with Crippen LogP contribution in [0.1, 0.15) is 5.56 Å². The highest BCUT2D eigenvalue weighted by Gasteiger charge is 2.42. The van der Waals surface area contributed by atoms with Gasteiger partial charge in [0.25, 0.3) is 0 Å². The molecule has 1 aromatic carbocycles. The molecule has 0 unspecified atom stereocenters. The van der Waals surface area contributed by atoms with Crippen molar-refractivity contribution in [2.24, 2.45) is 0 Å². The van der Waals surface area contributed by atoms with E-state index in [1.807, 2.05) is 19.1 Å². The van der Waals surface area contributed by atoms with Gasteiger partial charge in [-0.15, -0.1) is 11.6 Å². The summed E-state index contributed by atoms with van der Waals surface area (Å²) in [5.41, 5.74) is 1.40. The van der Waals surface area contributed by atoms with Gasteiger partial charge in [0.1, 0.15) is 5.88 Å². The highest BCUT2D eigenvalue weighted by molar-refractivity contribution is 7.91. The van der Waals surface area contributed by atoms with Gasteiger partial charge < -0.3 is 10.0 Å². The van der Waals surface area contributed by atoms with Crippen LogP contribution in [0, 0.1) is 6.92 Å². The molecule has 5 nitrogen and oxygen atoms in total. The Morgan fingerprint density at radius 3 is 2.55 bits per heavy atom. The summed E-state index contributed by atoms with van der Waals surface area (Å²) in [4.78, 5) is 13.4. The molecular weight excluding hydrogens is 302 g/mol. The minimum atomic E-state index is -3.34. The molecular formula is C13H16ClNO4S. The molecule has 0 radical (unpaired) electrons. The standard InChI is InChI=1S/C13H16ClNO4S/c1-9-4-2-3-5-10(9)15(13(17)6-14)11-7-20(18,19)8-12(11)16/h2-5,11-12,16H,6-8H2,1H3/t11-,12+/m1/s1. The largest absolute Gasteiger partial charge is 0.390 e. The van der Waals surface area contributed by atoms with Gasteiger partial charge >= 0.3 is 0 Å². The monoisotopic (exact) mass is 317 g/mol. The number of carbonyl (C=O) groups is 1. The molecule has 1 heterocycles. The number of aliphatic hydroxyl groups excluding tert-OH is 1. The molecule has 7 heteroatoms. The number of benzene rings is 1. The third-order valence-corrected chi connectivity index (χ3v) is 5.31. The zero-order chi connectivity index (χ0) is 14.9. The minimum Gasteiger partial charge on any atom is -0.390 e. The summed E-state index contributed by atoms with van der Waals surface area (Å²) in [5.74, 6) is -1.25. The summed E-state index contributed by atoms with van der Waals surface area (Å²) in [5, 5.41) is 9.98. The molecule has 1 saturated heterocycles. The summed E-state index contributed by atoms with van der Waals surface area (Å²) < 4.78 is 23.3. The lowest BCUT2D eigenvalue weighted by Gasteiger charge is -2.31. The van der Waals surface area contributed by atoms with Gasteiger partial charge in [0.15, 0.2) is 9.84 Å². The number of nitrogens with zero attached hydrogens (tertiary/aromatic N) is 1. The van der Waals surface area contributed by atoms with Crippen LogP contribution < -0.4 is 4.90 Å². The minimum absolute atomic E-state index is 0.245. The summed E-state index contributed by atoms with van der Waals surface area (Å²) in [6, 6.07) is 6.33. The lowest BCUT2D eigenvalue weighted by molar-refractivity contribution is -0.117. The number of para-hydroxylation sites is 1. The second kappa shape index (κ2) is 5.71. The Kier molecular flexibility index (Phi) is 4.36. The SMILES string of the molecule is Cc1ccccc1N(C(=O)CCl)[C@@H]1CS(=O)(=O)C[C@@H]1O. The molecule has 2 rings (SSSR count). The highest BCUT2D eigenvalue weighted by atomic mass is 35.5. The fourth-order valence-electron chi connectivity index (χ4n) is 2.45. The summed E-state index contributed by atoms with van der Waals surface area (Å²) in [6.07, 6.45) is -1.09. The van der Waals surface area contributed by atoms with Gasteiger partial charge in [-0.3, -0.25) is 4.79 Å². The van der Waals surface area contributed by atoms with E-state index in [4.69, 9.17) is 11.6 Å². The highest BCUT2D eigenvalue weighted by Crippen LogP contribution is 2.27. The van der Waals surface area contributed by atoms with Crippen LogP contribution in [0.3, 0.4) is 0 Å². The molecule has 0 saturated carbocycles. The number of anilines is 1. The van der Waals surface area contributed by atoms with Gasteiger partial charge in [0, 0.05) is 5.69 Å². The van der Waals surface area contributed by atoms with Crippen molar-refractivity contribution in [1.82, 2.24) is 0 Å². The van der Waals surface area contributed by atoms with Crippen LogP contribution in [0.2, 0.25) is 0 Å². The lowest BCUT2D eigenvalue weighted by atomic mass is 10.1. The predicted octanol–water partition coefficient (Wildman–Crippen LogP) is 0.725. The van der Waals surface area contributed by atoms with Gasteiger partial charge in [-0.1, -0.05) is 18.2 Å². The number of hydrogen-bond acceptors (Lipinski definition) is 4. The molecule has 1 fully saturated rings. The molecule has 0 aromatic heterocycles. The third-order valence-electron chi connectivity index (χ3n) is 3.38. The Morgan fingerprint density at radius 2 is 2.05 bits per heavy atom. The van der Waals surface area contributed by atoms with E-state index in [-0.39, 0.29) is 17.4 Å². The van der Waals surface area contributed by atoms with Crippen LogP contribution >= 0.6 is 11.6 Å². The maximum atomic E-state index is 12.1. The topological polar surface area (TPSA) is 74.7 Å². The third kappa shape index (κ3) is 2.97. The normalized spacial score (nSPS) is 24.6. The van der Waals surface area contributed by atoms with Crippen molar-refractivity contribution in [3.05, 3.63) is 29.8 Å². The van der Waals surface area contributed by atoms with Crippen molar-refractivity contribution in [3.63, 3.8) is 0 Å². The smallest absolute Gasteiger partial charge is 0.242 e. The van der Waals surface area contributed by atoms with Crippen molar-refractivity contribution < 1.29 is 18.3 Å². The van der Waals surface area contributed by atoms with E-state index in [1.54, 1.807) is 12.1 Å². The fraction of sp³-hybridized carbons (Fsp3) is 0.462. The molecule has 1 aliphatic rings. The number of amides is 1. The molecule has 1 amide bonds. The number of aryl methyl sites for hydroxylation is 1. The van der Waals surface area contributed by atoms with Crippen molar-refractivity contribution in [2.45, 2.75) is 19.1 Å². The van der Waals surface area contributed by atoms with Crippen LogP contribution in [0.25, 0.3) is 0 Å². The van der Waals surface area contributed by atoms with Gasteiger partial charge in [-0.25, -0.2) is 8.42 Å². The Morgan fingerprint density at radius 1 is 1.40 bits per heavy atom. The number of halogens is 1. The number of carbonyl (C=O) groups excluding carboxylic acids is 1. The molecule has 0 bridgehead atoms. The average molecular weight is 318 g/mol. The zero-order valence-corrected chi connectivity index (χ0v) is 12.6. The fourth-order valence-corrected chi connectivity index (χ4v) is 4.35. The summed E-state index contributed by atoms with van der Waals surface area (Å²) in [6.45, 7) is 1.82. The van der Waals surface area contributed by atoms with Gasteiger partial charge in [0.05, 0.1) is 23.7 Å². The zero-order valence-electron chi connectivity index (χ0n) is 11.0. The molecule has 0 spiro atoms. The average Bonchev–Trinajstić information content (AvgIpc) is 2.65. The van der Waals surface area contributed by atoms with Gasteiger partial charge in [0.2, 0.25) is 5.91 Å². The molecule has 1 aliphatic heterocycles. The van der Waals surface area contributed by atoms with Crippen molar-refractivity contribution in [2.75, 3.05) is 22.3 Å². The van der Waals surface area contributed by atoms with E-state index in [0.29, 0.717) is 5.69 Å². The Labute approximate surface area is 123 Å². The van der Waals surface area contributed by atoms with E-state index in [2.05, 4.69) is 0 Å². The molecule has 0 aliphatic carbocycles. The summed E-state index contributed by atoms with van der Waals surface area (Å²) >= 11 is 5.62. The van der Waals surface area contributed by atoms with E-state index >= 15 is 0 Å². The van der Waals surface area contributed by atoms with Crippen molar-refractivity contribution >= 4 is 33.0 Å². The first-order chi connectivity index (χ1) is 9.35. The van der Waals surface area contributed by atoms with Crippen LogP contribution in [0.5, 0.6) is 0 Å². The maximum absolute atomic E-state index is 12.1. The van der Waals surface area contributed by atoms with E-state index in [1.165, 1.54) is 4.90 Å². The first-order valence-corrected chi connectivity index (χ1v) is 8.53. The molecule has 1 aromatic rings. The number of aliphatic hydroxyl groups is 1. The Bertz CT molecular complexity index is 617. The predicted molar refractivity (Wildman–Crippen MR) is 77.8 cm³/mol. The van der Waals surface area contributed by atoms with Crippen molar-refractivity contribution in [1.29, 1.82) is 0 Å². The summed E-state index contributed by atoms with van der Waals surface area (Å²) in [7, 11) is -3.34. The van der Waals surface area contributed by atoms with E-state index in [0.717, 1.165) is 5.56 Å². The first kappa shape index (κ1) is 15.3. The molecule has 110 valence electrons. The van der Waals surface area contributed by atoms with Crippen LogP contribution in [0.4, 0.5) is 5.69 Å². The Balaban J connectivity index is 2.45. The maximum Gasteiger partial charge on any atom is 0.242 e. The second-order valence-corrected chi connectivity index (χ2v) is 7.32. The molecule has 2 atom stereocenters. The molecule has 1 N–H and O–H groups in total. The first-order valence-electron chi connectivity index (χ1n) is 6.18. The number of alkyl halides is 1. The lowest BCUT2D eigenvalue weighted by Crippen LogP contribution is -2.48. The second-order valence-electron chi connectivity index (χ2n) is 4.90. The van der Waals surface area contributed by atoms with Gasteiger partial charge in [-0.2, -0.15) is 0 Å². The van der Waals surface area contributed by atoms with Crippen LogP contribution in [0.15, 0.2) is 24.3 Å².